The van der Waals surface area contributed by atoms with E-state index in [9.17, 15) is 9.18 Å². The number of rotatable bonds is 8. The molecule has 0 bridgehead atoms. The molecule has 0 radical (unpaired) electrons. The Labute approximate surface area is 106 Å². The Bertz CT molecular complexity index is 333. The van der Waals surface area contributed by atoms with Crippen molar-refractivity contribution in [1.29, 1.82) is 5.41 Å². The van der Waals surface area contributed by atoms with E-state index >= 15 is 0 Å². The number of hydrogen-bond acceptors (Lipinski definition) is 4. The van der Waals surface area contributed by atoms with Crippen LogP contribution >= 0.6 is 0 Å². The summed E-state index contributed by atoms with van der Waals surface area (Å²) in [5.74, 6) is -1.46. The number of carboxylic acid groups (broad SMARTS) is 1. The molecule has 0 spiro atoms. The van der Waals surface area contributed by atoms with Crippen LogP contribution in [0.25, 0.3) is 0 Å². The second-order valence-corrected chi connectivity index (χ2v) is 4.06. The van der Waals surface area contributed by atoms with Crippen molar-refractivity contribution in [1.82, 2.24) is 5.32 Å². The molecule has 0 fully saturated rings. The van der Waals surface area contributed by atoms with Crippen molar-refractivity contribution in [2.45, 2.75) is 25.3 Å². The molecule has 1 atom stereocenters. The molecule has 0 aliphatic carbocycles. The summed E-state index contributed by atoms with van der Waals surface area (Å²) in [5, 5.41) is 18.5. The first-order chi connectivity index (χ1) is 8.31. The van der Waals surface area contributed by atoms with Crippen LogP contribution in [0.4, 0.5) is 4.39 Å². The summed E-state index contributed by atoms with van der Waals surface area (Å²) < 4.78 is 18.0. The Kier molecular flexibility index (Phi) is 7.14. The lowest BCUT2D eigenvalue weighted by Crippen LogP contribution is -2.51. The SMILES string of the molecule is COC[C@@](N)(CC/C=C(\F)CNC(C)=N)C(=O)O. The van der Waals surface area contributed by atoms with E-state index in [1.165, 1.54) is 20.1 Å². The number of aliphatic carboxylic acids is 1. The van der Waals surface area contributed by atoms with E-state index in [2.05, 4.69) is 5.32 Å². The Morgan fingerprint density at radius 1 is 1.67 bits per heavy atom. The minimum absolute atomic E-state index is 0.0766. The quantitative estimate of drug-likeness (QED) is 0.378. The Morgan fingerprint density at radius 3 is 2.72 bits per heavy atom. The molecular formula is C11H20FN3O3. The number of amidine groups is 1. The smallest absolute Gasteiger partial charge is 0.326 e. The minimum atomic E-state index is -1.50. The van der Waals surface area contributed by atoms with Crippen LogP contribution in [0.15, 0.2) is 11.9 Å². The first-order valence-electron chi connectivity index (χ1n) is 5.46. The van der Waals surface area contributed by atoms with Gasteiger partial charge in [0.15, 0.2) is 0 Å². The van der Waals surface area contributed by atoms with Crippen LogP contribution < -0.4 is 11.1 Å². The molecule has 6 nitrogen and oxygen atoms in total. The average Bonchev–Trinajstić information content (AvgIpc) is 2.26. The van der Waals surface area contributed by atoms with Crippen LogP contribution in [0.5, 0.6) is 0 Å². The molecule has 0 amide bonds. The third-order valence-electron chi connectivity index (χ3n) is 2.31. The summed E-state index contributed by atoms with van der Waals surface area (Å²) in [7, 11) is 1.36. The van der Waals surface area contributed by atoms with Crippen LogP contribution in [-0.2, 0) is 9.53 Å². The van der Waals surface area contributed by atoms with Crippen molar-refractivity contribution in [2.75, 3.05) is 20.3 Å². The monoisotopic (exact) mass is 261 g/mol. The molecule has 0 heterocycles. The number of nitrogens with one attached hydrogen (secondary N) is 2. The number of ether oxygens (including phenoxy) is 1. The highest BCUT2D eigenvalue weighted by molar-refractivity contribution is 5.78. The van der Waals surface area contributed by atoms with Crippen molar-refractivity contribution < 1.29 is 19.0 Å². The molecule has 18 heavy (non-hydrogen) atoms. The van der Waals surface area contributed by atoms with Crippen molar-refractivity contribution >= 4 is 11.8 Å². The van der Waals surface area contributed by atoms with Gasteiger partial charge >= 0.3 is 5.97 Å². The summed E-state index contributed by atoms with van der Waals surface area (Å²) in [6.07, 6.45) is 1.53. The standard InChI is InChI=1S/C11H20FN3O3/c1-8(13)15-6-9(12)4-3-5-11(14,7-18-2)10(16)17/h4H,3,5-7,14H2,1-2H3,(H2,13,15)(H,16,17)/b9-4-/t11-/m0/s1. The maximum Gasteiger partial charge on any atom is 0.326 e. The van der Waals surface area contributed by atoms with Crippen LogP contribution in [0.1, 0.15) is 19.8 Å². The summed E-state index contributed by atoms with van der Waals surface area (Å²) in [6, 6.07) is 0. The van der Waals surface area contributed by atoms with Gasteiger partial charge in [0.25, 0.3) is 0 Å². The number of allylic oxidation sites excluding steroid dienone is 1. The molecule has 0 saturated carbocycles. The van der Waals surface area contributed by atoms with Gasteiger partial charge in [0.1, 0.15) is 11.4 Å². The number of carboxylic acids is 1. The zero-order valence-electron chi connectivity index (χ0n) is 10.6. The van der Waals surface area contributed by atoms with Gasteiger partial charge in [-0.15, -0.1) is 0 Å². The van der Waals surface area contributed by atoms with E-state index in [1.807, 2.05) is 0 Å². The molecule has 0 rings (SSSR count). The molecule has 0 saturated heterocycles. The first kappa shape index (κ1) is 16.5. The van der Waals surface area contributed by atoms with Crippen LogP contribution in [-0.4, -0.2) is 42.7 Å². The van der Waals surface area contributed by atoms with Gasteiger partial charge in [-0.2, -0.15) is 0 Å². The second-order valence-electron chi connectivity index (χ2n) is 4.06. The molecule has 0 aromatic rings. The second kappa shape index (κ2) is 7.78. The van der Waals surface area contributed by atoms with E-state index in [0.717, 1.165) is 0 Å². The Morgan fingerprint density at radius 2 is 2.28 bits per heavy atom. The van der Waals surface area contributed by atoms with Crippen LogP contribution in [0, 0.1) is 5.41 Å². The maximum atomic E-state index is 13.2. The summed E-state index contributed by atoms with van der Waals surface area (Å²) in [5.41, 5.74) is 4.13. The normalized spacial score (nSPS) is 15.0. The van der Waals surface area contributed by atoms with Gasteiger partial charge in [0, 0.05) is 7.11 Å². The fraction of sp³-hybridized carbons (Fsp3) is 0.636. The molecule has 0 aliphatic heterocycles. The predicted octanol–water partition coefficient (Wildman–Crippen LogP) is 0.635. The molecule has 0 aliphatic rings. The number of hydrogen-bond donors (Lipinski definition) is 4. The number of carbonyl (C=O) groups is 1. The van der Waals surface area contributed by atoms with Crippen LogP contribution in [0.2, 0.25) is 0 Å². The topological polar surface area (TPSA) is 108 Å². The molecule has 7 heteroatoms. The van der Waals surface area contributed by atoms with Gasteiger partial charge in [-0.05, 0) is 19.8 Å². The summed E-state index contributed by atoms with van der Waals surface area (Å²) in [4.78, 5) is 10.9. The van der Waals surface area contributed by atoms with Crippen molar-refractivity contribution in [3.63, 3.8) is 0 Å². The van der Waals surface area contributed by atoms with Crippen molar-refractivity contribution in [2.24, 2.45) is 5.73 Å². The highest BCUT2D eigenvalue weighted by Crippen LogP contribution is 2.12. The largest absolute Gasteiger partial charge is 0.480 e. The lowest BCUT2D eigenvalue weighted by atomic mass is 9.95. The van der Waals surface area contributed by atoms with E-state index in [0.29, 0.717) is 0 Å². The third kappa shape index (κ3) is 6.31. The zero-order chi connectivity index (χ0) is 14.2. The summed E-state index contributed by atoms with van der Waals surface area (Å²) in [6.45, 7) is 1.29. The Balaban J connectivity index is 4.24. The van der Waals surface area contributed by atoms with E-state index in [1.54, 1.807) is 0 Å². The van der Waals surface area contributed by atoms with E-state index in [4.69, 9.17) is 21.0 Å². The van der Waals surface area contributed by atoms with Crippen molar-refractivity contribution in [3.05, 3.63) is 11.9 Å². The number of methoxy groups -OCH3 is 1. The molecule has 0 unspecified atom stereocenters. The maximum absolute atomic E-state index is 13.2. The van der Waals surface area contributed by atoms with Gasteiger partial charge in [0.05, 0.1) is 19.0 Å². The van der Waals surface area contributed by atoms with Gasteiger partial charge in [-0.3, -0.25) is 10.2 Å². The Hall–Kier alpha value is -1.47. The summed E-state index contributed by atoms with van der Waals surface area (Å²) >= 11 is 0. The van der Waals surface area contributed by atoms with Crippen molar-refractivity contribution in [3.8, 4) is 0 Å². The number of halogens is 1. The molecular weight excluding hydrogens is 241 g/mol. The van der Waals surface area contributed by atoms with E-state index in [-0.39, 0.29) is 31.8 Å². The average molecular weight is 261 g/mol. The highest BCUT2D eigenvalue weighted by atomic mass is 19.1. The van der Waals surface area contributed by atoms with Gasteiger partial charge in [-0.25, -0.2) is 4.39 Å². The van der Waals surface area contributed by atoms with Gasteiger partial charge < -0.3 is 20.9 Å². The fourth-order valence-electron chi connectivity index (χ4n) is 1.27. The van der Waals surface area contributed by atoms with E-state index < -0.39 is 17.3 Å². The first-order valence-corrected chi connectivity index (χ1v) is 5.46. The zero-order valence-corrected chi connectivity index (χ0v) is 10.6. The minimum Gasteiger partial charge on any atom is -0.480 e. The third-order valence-corrected chi connectivity index (χ3v) is 2.31. The predicted molar refractivity (Wildman–Crippen MR) is 66.3 cm³/mol. The molecule has 5 N–H and O–H groups in total. The lowest BCUT2D eigenvalue weighted by molar-refractivity contribution is -0.145. The molecule has 0 aromatic heterocycles. The molecule has 104 valence electrons. The lowest BCUT2D eigenvalue weighted by Gasteiger charge is -2.22. The highest BCUT2D eigenvalue weighted by Gasteiger charge is 2.33. The van der Waals surface area contributed by atoms with Gasteiger partial charge in [0.2, 0.25) is 0 Å². The van der Waals surface area contributed by atoms with Crippen LogP contribution in [0.3, 0.4) is 0 Å². The fourth-order valence-corrected chi connectivity index (χ4v) is 1.27. The van der Waals surface area contributed by atoms with Gasteiger partial charge in [-0.1, -0.05) is 6.08 Å². The molecule has 0 aromatic carbocycles. The number of nitrogens with two attached hydrogens (primary N) is 1.